The second-order valence-electron chi connectivity index (χ2n) is 6.89. The number of hydrogen-bond acceptors (Lipinski definition) is 6. The molecule has 0 unspecified atom stereocenters. The molecule has 2 amide bonds. The van der Waals surface area contributed by atoms with Crippen molar-refractivity contribution in [2.45, 2.75) is 39.0 Å². The number of piperazine rings is 1. The molecule has 152 valence electrons. The number of aryl methyl sites for hydroxylation is 1. The lowest BCUT2D eigenvalue weighted by atomic mass is 10.1. The van der Waals surface area contributed by atoms with E-state index in [-0.39, 0.29) is 5.91 Å². The van der Waals surface area contributed by atoms with Crippen molar-refractivity contribution >= 4 is 39.4 Å². The molecule has 3 rings (SSSR count). The number of carboxylic acid groups (broad SMARTS) is 1. The van der Waals surface area contributed by atoms with Gasteiger partial charge in [0.1, 0.15) is 17.0 Å². The molecule has 9 heteroatoms. The molecule has 1 aliphatic heterocycles. The van der Waals surface area contributed by atoms with E-state index in [2.05, 4.69) is 33.2 Å². The van der Waals surface area contributed by atoms with Crippen LogP contribution in [-0.2, 0) is 11.2 Å². The van der Waals surface area contributed by atoms with Crippen molar-refractivity contribution in [1.82, 2.24) is 20.2 Å². The number of carbonyl (C=O) groups is 2. The van der Waals surface area contributed by atoms with Crippen molar-refractivity contribution < 1.29 is 14.7 Å². The fourth-order valence-electron chi connectivity index (χ4n) is 3.42. The number of rotatable bonds is 8. The summed E-state index contributed by atoms with van der Waals surface area (Å²) in [4.78, 5) is 38.2. The van der Waals surface area contributed by atoms with Gasteiger partial charge in [0.15, 0.2) is 0 Å². The third-order valence-corrected chi connectivity index (χ3v) is 6.17. The minimum atomic E-state index is -0.997. The van der Waals surface area contributed by atoms with Crippen LogP contribution in [0.1, 0.15) is 37.5 Å². The van der Waals surface area contributed by atoms with E-state index in [1.54, 1.807) is 17.7 Å². The van der Waals surface area contributed by atoms with Gasteiger partial charge in [-0.05, 0) is 25.3 Å². The molecule has 1 aliphatic rings. The van der Waals surface area contributed by atoms with Crippen molar-refractivity contribution in [1.29, 1.82) is 0 Å². The number of carbonyl (C=O) groups excluding carboxylic acids is 1. The summed E-state index contributed by atoms with van der Waals surface area (Å²) in [5, 5.41) is 12.0. The van der Waals surface area contributed by atoms with Crippen LogP contribution in [0.2, 0.25) is 0 Å². The average Bonchev–Trinajstić information content (AvgIpc) is 3.14. The third kappa shape index (κ3) is 5.09. The first kappa shape index (κ1) is 20.3. The summed E-state index contributed by atoms with van der Waals surface area (Å²) in [6.45, 7) is 5.55. The summed E-state index contributed by atoms with van der Waals surface area (Å²) in [6.07, 6.45) is 4.56. The van der Waals surface area contributed by atoms with E-state index in [1.807, 2.05) is 4.90 Å². The highest BCUT2D eigenvalue weighted by Crippen LogP contribution is 2.31. The van der Waals surface area contributed by atoms with E-state index in [0.29, 0.717) is 26.1 Å². The molecular weight excluding hydrogens is 378 g/mol. The Morgan fingerprint density at radius 3 is 2.68 bits per heavy atom. The number of nitrogens with one attached hydrogen (secondary N) is 1. The second kappa shape index (κ2) is 9.68. The van der Waals surface area contributed by atoms with Crippen LogP contribution in [0.15, 0.2) is 12.4 Å². The maximum absolute atomic E-state index is 12.4. The van der Waals surface area contributed by atoms with E-state index >= 15 is 0 Å². The van der Waals surface area contributed by atoms with Gasteiger partial charge in [0.05, 0.1) is 5.39 Å². The molecule has 0 bridgehead atoms. The number of fused-ring (bicyclic) bond motifs is 1. The zero-order chi connectivity index (χ0) is 19.9. The fraction of sp³-hybridized carbons (Fsp3) is 0.579. The molecule has 0 spiro atoms. The van der Waals surface area contributed by atoms with Crippen molar-refractivity contribution in [2.24, 2.45) is 0 Å². The highest BCUT2D eigenvalue weighted by atomic mass is 32.1. The van der Waals surface area contributed by atoms with Gasteiger partial charge in [-0.3, -0.25) is 4.79 Å². The largest absolute Gasteiger partial charge is 0.465 e. The highest BCUT2D eigenvalue weighted by molar-refractivity contribution is 7.18. The summed E-state index contributed by atoms with van der Waals surface area (Å²) in [5.74, 6) is 1.15. The zero-order valence-corrected chi connectivity index (χ0v) is 17.0. The van der Waals surface area contributed by atoms with Crippen molar-refractivity contribution in [2.75, 3.05) is 37.6 Å². The van der Waals surface area contributed by atoms with Crippen LogP contribution in [0.25, 0.3) is 10.2 Å². The van der Waals surface area contributed by atoms with Crippen LogP contribution in [-0.4, -0.2) is 64.7 Å². The molecule has 2 aromatic heterocycles. The number of amides is 2. The summed E-state index contributed by atoms with van der Waals surface area (Å²) < 4.78 is 0. The molecular formula is C19H27N5O3S. The second-order valence-corrected chi connectivity index (χ2v) is 8.01. The molecule has 0 atom stereocenters. The average molecular weight is 406 g/mol. The summed E-state index contributed by atoms with van der Waals surface area (Å²) in [5.41, 5.74) is 0. The first-order chi connectivity index (χ1) is 13.6. The van der Waals surface area contributed by atoms with Crippen LogP contribution < -0.4 is 10.2 Å². The first-order valence-corrected chi connectivity index (χ1v) is 10.6. The predicted octanol–water partition coefficient (Wildman–Crippen LogP) is 2.73. The van der Waals surface area contributed by atoms with E-state index in [1.165, 1.54) is 4.88 Å². The van der Waals surface area contributed by atoms with Crippen LogP contribution in [0.5, 0.6) is 0 Å². The number of nitrogens with zero attached hydrogens (tertiary/aromatic N) is 4. The lowest BCUT2D eigenvalue weighted by Crippen LogP contribution is -2.49. The molecule has 3 heterocycles. The number of anilines is 1. The molecule has 2 aromatic rings. The maximum Gasteiger partial charge on any atom is 0.404 e. The van der Waals surface area contributed by atoms with Gasteiger partial charge in [-0.15, -0.1) is 11.3 Å². The van der Waals surface area contributed by atoms with Gasteiger partial charge in [0.25, 0.3) is 0 Å². The first-order valence-electron chi connectivity index (χ1n) is 9.81. The molecule has 1 fully saturated rings. The Bertz CT molecular complexity index is 817. The third-order valence-electron chi connectivity index (χ3n) is 4.98. The lowest BCUT2D eigenvalue weighted by molar-refractivity contribution is -0.131. The Morgan fingerprint density at radius 2 is 1.96 bits per heavy atom. The lowest BCUT2D eigenvalue weighted by Gasteiger charge is -2.35. The van der Waals surface area contributed by atoms with E-state index in [0.717, 1.165) is 54.8 Å². The number of aromatic nitrogens is 2. The molecule has 0 aromatic carbocycles. The van der Waals surface area contributed by atoms with E-state index in [4.69, 9.17) is 5.11 Å². The summed E-state index contributed by atoms with van der Waals surface area (Å²) in [7, 11) is 0. The minimum absolute atomic E-state index is 0.183. The van der Waals surface area contributed by atoms with Crippen LogP contribution in [0.3, 0.4) is 0 Å². The standard InChI is InChI=1S/C19H27N5O3S/c1-2-14-12-15-17(21-13-22-18(15)28-14)24-10-8-23(9-11-24)16(25)6-4-3-5-7-20-19(26)27/h12-13,20H,2-11H2,1H3,(H,26,27). The number of hydrogen-bond donors (Lipinski definition) is 2. The van der Waals surface area contributed by atoms with Gasteiger partial charge >= 0.3 is 6.09 Å². The van der Waals surface area contributed by atoms with Crippen LogP contribution in [0, 0.1) is 0 Å². The molecule has 1 saturated heterocycles. The van der Waals surface area contributed by atoms with Crippen molar-refractivity contribution in [3.8, 4) is 0 Å². The monoisotopic (exact) mass is 405 g/mol. The molecule has 0 aliphatic carbocycles. The van der Waals surface area contributed by atoms with E-state index in [9.17, 15) is 9.59 Å². The Hall–Kier alpha value is -2.42. The SMILES string of the molecule is CCc1cc2c(N3CCN(C(=O)CCCCCNC(=O)O)CC3)ncnc2s1. The Kier molecular flexibility index (Phi) is 7.02. The summed E-state index contributed by atoms with van der Waals surface area (Å²) in [6, 6.07) is 2.19. The van der Waals surface area contributed by atoms with Crippen molar-refractivity contribution in [3.63, 3.8) is 0 Å². The Labute approximate surface area is 168 Å². The molecule has 0 radical (unpaired) electrons. The smallest absolute Gasteiger partial charge is 0.404 e. The maximum atomic E-state index is 12.4. The van der Waals surface area contributed by atoms with E-state index < -0.39 is 6.09 Å². The van der Waals surface area contributed by atoms with Crippen LogP contribution in [0.4, 0.5) is 10.6 Å². The number of thiophene rings is 1. The van der Waals surface area contributed by atoms with Gasteiger partial charge in [-0.1, -0.05) is 13.3 Å². The molecule has 28 heavy (non-hydrogen) atoms. The fourth-order valence-corrected chi connectivity index (χ4v) is 4.35. The van der Waals surface area contributed by atoms with Crippen LogP contribution >= 0.6 is 11.3 Å². The quantitative estimate of drug-likeness (QED) is 0.655. The van der Waals surface area contributed by atoms with Gasteiger partial charge in [0, 0.05) is 44.0 Å². The highest BCUT2D eigenvalue weighted by Gasteiger charge is 2.23. The predicted molar refractivity (Wildman–Crippen MR) is 110 cm³/mol. The molecule has 0 saturated carbocycles. The topological polar surface area (TPSA) is 98.7 Å². The summed E-state index contributed by atoms with van der Waals surface area (Å²) >= 11 is 1.72. The van der Waals surface area contributed by atoms with Crippen molar-refractivity contribution in [3.05, 3.63) is 17.3 Å². The number of unbranched alkanes of at least 4 members (excludes halogenated alkanes) is 2. The van der Waals surface area contributed by atoms with Gasteiger partial charge in [-0.2, -0.15) is 0 Å². The van der Waals surface area contributed by atoms with Gasteiger partial charge in [0.2, 0.25) is 5.91 Å². The Morgan fingerprint density at radius 1 is 1.18 bits per heavy atom. The Balaban J connectivity index is 1.46. The molecule has 2 N–H and O–H groups in total. The normalized spacial score (nSPS) is 14.5. The minimum Gasteiger partial charge on any atom is -0.465 e. The molecule has 8 nitrogen and oxygen atoms in total. The van der Waals surface area contributed by atoms with Gasteiger partial charge in [-0.25, -0.2) is 14.8 Å². The zero-order valence-electron chi connectivity index (χ0n) is 16.2. The van der Waals surface area contributed by atoms with Gasteiger partial charge < -0.3 is 20.2 Å².